The Labute approximate surface area is 121 Å². The Morgan fingerprint density at radius 2 is 1.58 bits per heavy atom. The lowest BCUT2D eigenvalue weighted by Gasteiger charge is -2.07. The van der Waals surface area contributed by atoms with Crippen LogP contribution in [0.3, 0.4) is 0 Å². The third-order valence-electron chi connectivity index (χ3n) is 3.22. The summed E-state index contributed by atoms with van der Waals surface area (Å²) in [5.41, 5.74) is 0.771. The van der Waals surface area contributed by atoms with Crippen LogP contribution in [0.4, 0.5) is 10.1 Å². The molecule has 1 N–H and O–H groups in total. The molecule has 1 aromatic carbocycles. The molecule has 0 aromatic heterocycles. The van der Waals surface area contributed by atoms with Crippen LogP contribution in [-0.4, -0.2) is 6.54 Å². The van der Waals surface area contributed by atoms with Crippen LogP contribution in [0.15, 0.2) is 18.2 Å². The molecule has 0 bridgehead atoms. The molecule has 0 unspecified atom stereocenters. The predicted octanol–water partition coefficient (Wildman–Crippen LogP) is 6.03. The number of hydrogen-bond acceptors (Lipinski definition) is 1. The molecule has 1 nitrogen and oxygen atoms in total. The van der Waals surface area contributed by atoms with Gasteiger partial charge < -0.3 is 5.32 Å². The number of unbranched alkanes of at least 4 members (excludes halogenated alkanes) is 7. The highest BCUT2D eigenvalue weighted by Gasteiger charge is 1.98. The van der Waals surface area contributed by atoms with E-state index in [0.29, 0.717) is 5.02 Å². The second-order valence-electron chi connectivity index (χ2n) is 5.06. The first-order valence-electron chi connectivity index (χ1n) is 7.42. The van der Waals surface area contributed by atoms with Gasteiger partial charge in [0.1, 0.15) is 5.82 Å². The molecule has 0 saturated heterocycles. The van der Waals surface area contributed by atoms with Gasteiger partial charge >= 0.3 is 0 Å². The lowest BCUT2D eigenvalue weighted by Crippen LogP contribution is -2.01. The van der Waals surface area contributed by atoms with Gasteiger partial charge in [0.25, 0.3) is 0 Å². The van der Waals surface area contributed by atoms with Crippen molar-refractivity contribution in [2.45, 2.75) is 58.3 Å². The van der Waals surface area contributed by atoms with Crippen LogP contribution in [0.5, 0.6) is 0 Å². The van der Waals surface area contributed by atoms with Gasteiger partial charge in [0, 0.05) is 17.3 Å². The summed E-state index contributed by atoms with van der Waals surface area (Å²) in [6.07, 6.45) is 10.4. The van der Waals surface area contributed by atoms with Crippen molar-refractivity contribution < 1.29 is 4.39 Å². The largest absolute Gasteiger partial charge is 0.385 e. The van der Waals surface area contributed by atoms with Crippen LogP contribution >= 0.6 is 11.6 Å². The highest BCUT2D eigenvalue weighted by molar-refractivity contribution is 6.30. The van der Waals surface area contributed by atoms with Crippen LogP contribution in [0, 0.1) is 5.82 Å². The zero-order valence-corrected chi connectivity index (χ0v) is 12.6. The Hall–Kier alpha value is -0.760. The maximum Gasteiger partial charge on any atom is 0.126 e. The summed E-state index contributed by atoms with van der Waals surface area (Å²) < 4.78 is 13.1. The Morgan fingerprint density at radius 3 is 2.21 bits per heavy atom. The van der Waals surface area contributed by atoms with E-state index in [1.54, 1.807) is 6.07 Å². The van der Waals surface area contributed by atoms with E-state index in [1.165, 1.54) is 57.1 Å². The molecule has 108 valence electrons. The third kappa shape index (κ3) is 8.10. The second-order valence-corrected chi connectivity index (χ2v) is 5.50. The van der Waals surface area contributed by atoms with Crippen molar-refractivity contribution in [1.29, 1.82) is 0 Å². The van der Waals surface area contributed by atoms with Gasteiger partial charge in [0.15, 0.2) is 0 Å². The first-order chi connectivity index (χ1) is 9.22. The number of nitrogens with one attached hydrogen (secondary N) is 1. The molecule has 3 heteroatoms. The average Bonchev–Trinajstić information content (AvgIpc) is 2.36. The van der Waals surface area contributed by atoms with Crippen LogP contribution in [0.1, 0.15) is 58.3 Å². The SMILES string of the molecule is CCCCCCCCCCNc1cc(F)cc(Cl)c1. The highest BCUT2D eigenvalue weighted by atomic mass is 35.5. The van der Waals surface area contributed by atoms with E-state index in [1.807, 2.05) is 0 Å². The van der Waals surface area contributed by atoms with Crippen molar-refractivity contribution >= 4 is 17.3 Å². The average molecular weight is 286 g/mol. The summed E-state index contributed by atoms with van der Waals surface area (Å²) in [6.45, 7) is 3.12. The van der Waals surface area contributed by atoms with Crippen molar-refractivity contribution in [1.82, 2.24) is 0 Å². The summed E-state index contributed by atoms with van der Waals surface area (Å²) in [6, 6.07) is 4.56. The fourth-order valence-electron chi connectivity index (χ4n) is 2.15. The molecule has 1 rings (SSSR count). The van der Waals surface area contributed by atoms with Gasteiger partial charge in [-0.15, -0.1) is 0 Å². The molecule has 0 radical (unpaired) electrons. The van der Waals surface area contributed by atoms with Gasteiger partial charge in [-0.2, -0.15) is 0 Å². The molecule has 0 saturated carbocycles. The summed E-state index contributed by atoms with van der Waals surface area (Å²) in [7, 11) is 0. The maximum absolute atomic E-state index is 13.1. The van der Waals surface area contributed by atoms with Crippen molar-refractivity contribution in [3.63, 3.8) is 0 Å². The first-order valence-corrected chi connectivity index (χ1v) is 7.80. The van der Waals surface area contributed by atoms with Gasteiger partial charge in [-0.3, -0.25) is 0 Å². The molecule has 0 amide bonds. The number of benzene rings is 1. The first kappa shape index (κ1) is 16.3. The van der Waals surface area contributed by atoms with Crippen molar-refractivity contribution in [3.05, 3.63) is 29.0 Å². The minimum atomic E-state index is -0.286. The molecule has 0 aliphatic carbocycles. The molecular formula is C16H25ClFN. The van der Waals surface area contributed by atoms with E-state index in [2.05, 4.69) is 12.2 Å². The van der Waals surface area contributed by atoms with Crippen molar-refractivity contribution in [3.8, 4) is 0 Å². The number of halogens is 2. The standard InChI is InChI=1S/C16H25ClFN/c1-2-3-4-5-6-7-8-9-10-19-16-12-14(17)11-15(18)13-16/h11-13,19H,2-10H2,1H3. The smallest absolute Gasteiger partial charge is 0.126 e. The third-order valence-corrected chi connectivity index (χ3v) is 3.44. The summed E-state index contributed by atoms with van der Waals surface area (Å²) in [4.78, 5) is 0. The second kappa shape index (κ2) is 10.1. The summed E-state index contributed by atoms with van der Waals surface area (Å²) >= 11 is 5.79. The predicted molar refractivity (Wildman–Crippen MR) is 82.5 cm³/mol. The maximum atomic E-state index is 13.1. The van der Waals surface area contributed by atoms with Crippen LogP contribution in [0.2, 0.25) is 5.02 Å². The highest BCUT2D eigenvalue weighted by Crippen LogP contribution is 2.18. The van der Waals surface area contributed by atoms with Crippen LogP contribution < -0.4 is 5.32 Å². The molecule has 0 heterocycles. The van der Waals surface area contributed by atoms with E-state index in [-0.39, 0.29) is 5.82 Å². The van der Waals surface area contributed by atoms with Gasteiger partial charge in [0.05, 0.1) is 0 Å². The minimum Gasteiger partial charge on any atom is -0.385 e. The molecule has 19 heavy (non-hydrogen) atoms. The number of anilines is 1. The van der Waals surface area contributed by atoms with Gasteiger partial charge in [0.2, 0.25) is 0 Å². The Balaban J connectivity index is 2.01. The Kier molecular flexibility index (Phi) is 8.64. The molecule has 0 atom stereocenters. The number of hydrogen-bond donors (Lipinski definition) is 1. The van der Waals surface area contributed by atoms with E-state index in [4.69, 9.17) is 11.6 Å². The number of rotatable bonds is 10. The van der Waals surface area contributed by atoms with Crippen molar-refractivity contribution in [2.75, 3.05) is 11.9 Å². The molecule has 0 fully saturated rings. The van der Waals surface area contributed by atoms with Gasteiger partial charge in [-0.05, 0) is 24.6 Å². The lowest BCUT2D eigenvalue weighted by atomic mass is 10.1. The van der Waals surface area contributed by atoms with Gasteiger partial charge in [-0.1, -0.05) is 63.5 Å². The van der Waals surface area contributed by atoms with Crippen molar-refractivity contribution in [2.24, 2.45) is 0 Å². The summed E-state index contributed by atoms with van der Waals surface area (Å²) in [5.74, 6) is -0.286. The van der Waals surface area contributed by atoms with Crippen LogP contribution in [0.25, 0.3) is 0 Å². The topological polar surface area (TPSA) is 12.0 Å². The zero-order valence-electron chi connectivity index (χ0n) is 11.9. The summed E-state index contributed by atoms with van der Waals surface area (Å²) in [5, 5.41) is 3.66. The van der Waals surface area contributed by atoms with E-state index in [9.17, 15) is 4.39 Å². The lowest BCUT2D eigenvalue weighted by molar-refractivity contribution is 0.581. The minimum absolute atomic E-state index is 0.286. The molecule has 0 aliphatic heterocycles. The fraction of sp³-hybridized carbons (Fsp3) is 0.625. The zero-order chi connectivity index (χ0) is 13.9. The molecule has 1 aromatic rings. The molecule has 0 aliphatic rings. The Bertz CT molecular complexity index is 334. The quantitative estimate of drug-likeness (QED) is 0.517. The fourth-order valence-corrected chi connectivity index (χ4v) is 2.37. The molecular weight excluding hydrogens is 261 g/mol. The van der Waals surface area contributed by atoms with E-state index in [0.717, 1.165) is 18.7 Å². The van der Waals surface area contributed by atoms with E-state index < -0.39 is 0 Å². The van der Waals surface area contributed by atoms with Crippen LogP contribution in [-0.2, 0) is 0 Å². The Morgan fingerprint density at radius 1 is 0.947 bits per heavy atom. The normalized spacial score (nSPS) is 10.7. The van der Waals surface area contributed by atoms with Gasteiger partial charge in [-0.25, -0.2) is 4.39 Å². The monoisotopic (exact) mass is 285 g/mol. The van der Waals surface area contributed by atoms with E-state index >= 15 is 0 Å². The molecule has 0 spiro atoms.